The molecule has 1 aromatic heterocycles. The molecule has 0 atom stereocenters. The van der Waals surface area contributed by atoms with Crippen LogP contribution in [0.4, 0.5) is 5.69 Å². The molecule has 0 aliphatic carbocycles. The van der Waals surface area contributed by atoms with Crippen LogP contribution in [0.5, 0.6) is 11.5 Å². The fraction of sp³-hybridized carbons (Fsp3) is 0.238. The summed E-state index contributed by atoms with van der Waals surface area (Å²) in [5.74, 6) is 1.47. The van der Waals surface area contributed by atoms with Crippen LogP contribution in [0.25, 0.3) is 0 Å². The number of fused-ring (bicyclic) bond motifs is 1. The molecule has 2 aromatic carbocycles. The van der Waals surface area contributed by atoms with Gasteiger partial charge in [0.15, 0.2) is 11.5 Å². The molecule has 0 saturated heterocycles. The van der Waals surface area contributed by atoms with E-state index < -0.39 is 0 Å². The molecule has 1 aliphatic heterocycles. The fourth-order valence-electron chi connectivity index (χ4n) is 3.02. The zero-order valence-corrected chi connectivity index (χ0v) is 14.9. The lowest BCUT2D eigenvalue weighted by atomic mass is 10.1. The van der Waals surface area contributed by atoms with Gasteiger partial charge in [0.1, 0.15) is 0 Å². The molecule has 4 rings (SSSR count). The maximum absolute atomic E-state index is 12.2. The number of carbonyl (C=O) groups excluding carboxylic acids is 1. The second kappa shape index (κ2) is 7.95. The quantitative estimate of drug-likeness (QED) is 0.698. The number of aryl methyl sites for hydroxylation is 3. The maximum atomic E-state index is 12.2. The maximum Gasteiger partial charge on any atom is 0.231 e. The van der Waals surface area contributed by atoms with Crippen LogP contribution < -0.4 is 14.8 Å². The Balaban J connectivity index is 1.25. The van der Waals surface area contributed by atoms with E-state index in [4.69, 9.17) is 9.47 Å². The van der Waals surface area contributed by atoms with E-state index in [0.717, 1.165) is 35.7 Å². The number of hydrogen-bond acceptors (Lipinski definition) is 4. The first kappa shape index (κ1) is 17.1. The Labute approximate surface area is 157 Å². The average Bonchev–Trinajstić information content (AvgIpc) is 3.34. The predicted octanol–water partition coefficient (Wildman–Crippen LogP) is 3.43. The minimum atomic E-state index is -0.0322. The predicted molar refractivity (Wildman–Crippen MR) is 102 cm³/mol. The number of nitrogens with zero attached hydrogens (tertiary/aromatic N) is 2. The molecule has 0 unspecified atom stereocenters. The minimum Gasteiger partial charge on any atom is -0.454 e. The summed E-state index contributed by atoms with van der Waals surface area (Å²) >= 11 is 0. The number of benzene rings is 2. The summed E-state index contributed by atoms with van der Waals surface area (Å²) in [7, 11) is 0. The van der Waals surface area contributed by atoms with Gasteiger partial charge in [0.25, 0.3) is 0 Å². The second-order valence-electron chi connectivity index (χ2n) is 6.46. The van der Waals surface area contributed by atoms with Crippen LogP contribution in [0.15, 0.2) is 60.9 Å². The summed E-state index contributed by atoms with van der Waals surface area (Å²) in [5.41, 5.74) is 3.04. The zero-order valence-electron chi connectivity index (χ0n) is 14.9. The molecule has 0 fully saturated rings. The van der Waals surface area contributed by atoms with Gasteiger partial charge in [-0.3, -0.25) is 9.48 Å². The van der Waals surface area contributed by atoms with Gasteiger partial charge in [0, 0.05) is 19.2 Å². The molecule has 1 aliphatic rings. The molecule has 6 heteroatoms. The first-order valence-electron chi connectivity index (χ1n) is 9.01. The number of ether oxygens (including phenoxy) is 2. The lowest BCUT2D eigenvalue weighted by Crippen LogP contribution is -2.12. The Morgan fingerprint density at radius 2 is 1.89 bits per heavy atom. The van der Waals surface area contributed by atoms with E-state index in [1.165, 1.54) is 5.56 Å². The van der Waals surface area contributed by atoms with Crippen LogP contribution in [0.1, 0.15) is 17.5 Å². The van der Waals surface area contributed by atoms with E-state index in [9.17, 15) is 4.79 Å². The van der Waals surface area contributed by atoms with Crippen LogP contribution in [0.2, 0.25) is 0 Å². The topological polar surface area (TPSA) is 65.4 Å². The van der Waals surface area contributed by atoms with Gasteiger partial charge in [-0.1, -0.05) is 36.4 Å². The first-order valence-corrected chi connectivity index (χ1v) is 9.01. The molecular weight excluding hydrogens is 342 g/mol. The number of anilines is 1. The van der Waals surface area contributed by atoms with E-state index in [1.54, 1.807) is 6.20 Å². The number of carbonyl (C=O) groups is 1. The standard InChI is InChI=1S/C21H21N3O3/c25-21(9-7-17-6-8-19-20(12-17)27-15-26-19)23-18-13-22-24(14-18)11-10-16-4-2-1-3-5-16/h1-6,8,12-14H,7,9-11,15H2,(H,23,25). The number of hydrogen-bond donors (Lipinski definition) is 1. The third-order valence-corrected chi connectivity index (χ3v) is 4.47. The number of amides is 1. The normalized spacial score (nSPS) is 12.1. The van der Waals surface area contributed by atoms with Crippen molar-refractivity contribution in [2.45, 2.75) is 25.8 Å². The third-order valence-electron chi connectivity index (χ3n) is 4.47. The van der Waals surface area contributed by atoms with Crippen LogP contribution in [0.3, 0.4) is 0 Å². The van der Waals surface area contributed by atoms with Gasteiger partial charge < -0.3 is 14.8 Å². The van der Waals surface area contributed by atoms with Crippen molar-refractivity contribution in [2.24, 2.45) is 0 Å². The Morgan fingerprint density at radius 1 is 1.04 bits per heavy atom. The van der Waals surface area contributed by atoms with Gasteiger partial charge in [-0.2, -0.15) is 5.10 Å². The van der Waals surface area contributed by atoms with Gasteiger partial charge in [-0.15, -0.1) is 0 Å². The van der Waals surface area contributed by atoms with E-state index >= 15 is 0 Å². The van der Waals surface area contributed by atoms with E-state index in [1.807, 2.05) is 47.3 Å². The van der Waals surface area contributed by atoms with Crippen molar-refractivity contribution in [1.82, 2.24) is 9.78 Å². The summed E-state index contributed by atoms with van der Waals surface area (Å²) < 4.78 is 12.5. The van der Waals surface area contributed by atoms with E-state index in [2.05, 4.69) is 22.5 Å². The second-order valence-corrected chi connectivity index (χ2v) is 6.46. The molecule has 2 heterocycles. The van der Waals surface area contributed by atoms with Crippen molar-refractivity contribution in [1.29, 1.82) is 0 Å². The molecule has 1 amide bonds. The monoisotopic (exact) mass is 363 g/mol. The molecule has 0 spiro atoms. The SMILES string of the molecule is O=C(CCc1ccc2c(c1)OCO2)Nc1cnn(CCc2ccccc2)c1. The van der Waals surface area contributed by atoms with Crippen molar-refractivity contribution >= 4 is 11.6 Å². The summed E-state index contributed by atoms with van der Waals surface area (Å²) in [6, 6.07) is 16.0. The van der Waals surface area contributed by atoms with Gasteiger partial charge in [-0.25, -0.2) is 0 Å². The highest BCUT2D eigenvalue weighted by Crippen LogP contribution is 2.32. The Kier molecular flexibility index (Phi) is 5.05. The molecule has 138 valence electrons. The summed E-state index contributed by atoms with van der Waals surface area (Å²) in [6.45, 7) is 1.03. The van der Waals surface area contributed by atoms with Gasteiger partial charge in [0.05, 0.1) is 11.9 Å². The number of rotatable bonds is 7. The Bertz CT molecular complexity index is 921. The van der Waals surface area contributed by atoms with Crippen molar-refractivity contribution in [3.05, 3.63) is 72.1 Å². The van der Waals surface area contributed by atoms with Crippen molar-refractivity contribution < 1.29 is 14.3 Å². The van der Waals surface area contributed by atoms with Crippen molar-refractivity contribution in [3.8, 4) is 11.5 Å². The summed E-state index contributed by atoms with van der Waals surface area (Å²) in [4.78, 5) is 12.2. The van der Waals surface area contributed by atoms with Crippen LogP contribution in [-0.2, 0) is 24.2 Å². The molecule has 0 saturated carbocycles. The summed E-state index contributed by atoms with van der Waals surface area (Å²) in [6.07, 6.45) is 5.49. The lowest BCUT2D eigenvalue weighted by Gasteiger charge is -2.04. The number of aromatic nitrogens is 2. The van der Waals surface area contributed by atoms with Crippen molar-refractivity contribution in [3.63, 3.8) is 0 Å². The smallest absolute Gasteiger partial charge is 0.231 e. The minimum absolute atomic E-state index is 0.0322. The molecule has 27 heavy (non-hydrogen) atoms. The third kappa shape index (κ3) is 4.47. The first-order chi connectivity index (χ1) is 13.3. The molecular formula is C21H21N3O3. The number of nitrogens with one attached hydrogen (secondary N) is 1. The van der Waals surface area contributed by atoms with Gasteiger partial charge >= 0.3 is 0 Å². The largest absolute Gasteiger partial charge is 0.454 e. The average molecular weight is 363 g/mol. The van der Waals surface area contributed by atoms with Gasteiger partial charge in [0.2, 0.25) is 12.7 Å². The fourth-order valence-corrected chi connectivity index (χ4v) is 3.02. The Morgan fingerprint density at radius 3 is 2.78 bits per heavy atom. The summed E-state index contributed by atoms with van der Waals surface area (Å²) in [5, 5.41) is 7.22. The molecule has 6 nitrogen and oxygen atoms in total. The van der Waals surface area contributed by atoms with E-state index in [0.29, 0.717) is 12.8 Å². The molecule has 3 aromatic rings. The van der Waals surface area contributed by atoms with Crippen LogP contribution in [0, 0.1) is 0 Å². The Hall–Kier alpha value is -3.28. The van der Waals surface area contributed by atoms with Gasteiger partial charge in [-0.05, 0) is 36.1 Å². The lowest BCUT2D eigenvalue weighted by molar-refractivity contribution is -0.116. The van der Waals surface area contributed by atoms with Crippen LogP contribution in [-0.4, -0.2) is 22.5 Å². The molecule has 1 N–H and O–H groups in total. The molecule has 0 radical (unpaired) electrons. The van der Waals surface area contributed by atoms with Crippen molar-refractivity contribution in [2.75, 3.05) is 12.1 Å². The highest BCUT2D eigenvalue weighted by Gasteiger charge is 2.13. The highest BCUT2D eigenvalue weighted by atomic mass is 16.7. The molecule has 0 bridgehead atoms. The highest BCUT2D eigenvalue weighted by molar-refractivity contribution is 5.90. The van der Waals surface area contributed by atoms with E-state index in [-0.39, 0.29) is 12.7 Å². The zero-order chi connectivity index (χ0) is 18.5. The van der Waals surface area contributed by atoms with Crippen LogP contribution >= 0.6 is 0 Å².